The number of carbonyl (C=O) groups excluding carboxylic acids is 1. The second kappa shape index (κ2) is 9.15. The molecule has 4 heteroatoms. The fraction of sp³-hybridized carbons (Fsp3) is 0.471. The largest absolute Gasteiger partial charge is 0.384 e. The molecule has 0 bridgehead atoms. The van der Waals surface area contributed by atoms with Gasteiger partial charge in [-0.2, -0.15) is 0 Å². The predicted octanol–water partition coefficient (Wildman–Crippen LogP) is 3.32. The summed E-state index contributed by atoms with van der Waals surface area (Å²) in [4.78, 5) is 12.2. The molecule has 0 aromatic heterocycles. The number of carbonyl (C=O) groups is 1. The highest BCUT2D eigenvalue weighted by molar-refractivity contribution is 5.92. The Kier molecular flexibility index (Phi) is 7.49. The monoisotopic (exact) mass is 291 g/mol. The molecule has 1 aromatic rings. The van der Waals surface area contributed by atoms with Gasteiger partial charge in [0.25, 0.3) is 0 Å². The molecule has 0 spiro atoms. The van der Waals surface area contributed by atoms with E-state index in [1.807, 2.05) is 13.8 Å². The molecule has 21 heavy (non-hydrogen) atoms. The van der Waals surface area contributed by atoms with Crippen LogP contribution in [0.1, 0.15) is 45.1 Å². The first kappa shape index (κ1) is 17.2. The molecular weight excluding hydrogens is 269 g/mol. The maximum Gasteiger partial charge on any atom is 0.227 e. The van der Waals surface area contributed by atoms with Crippen molar-refractivity contribution >= 4 is 11.6 Å². The molecule has 1 aromatic carbocycles. The highest BCUT2D eigenvalue weighted by Gasteiger charge is 2.17. The molecule has 0 unspecified atom stereocenters. The molecule has 0 aliphatic heterocycles. The number of hydrogen-bond acceptors (Lipinski definition) is 2. The number of hydrogen-bond donors (Lipinski definition) is 2. The van der Waals surface area contributed by atoms with Crippen molar-refractivity contribution in [2.45, 2.75) is 39.5 Å². The molecule has 0 radical (unpaired) electrons. The van der Waals surface area contributed by atoms with Crippen molar-refractivity contribution in [2.24, 2.45) is 5.92 Å². The number of halogens is 1. The van der Waals surface area contributed by atoms with Crippen molar-refractivity contribution in [2.75, 3.05) is 11.9 Å². The van der Waals surface area contributed by atoms with Gasteiger partial charge in [0.1, 0.15) is 12.4 Å². The zero-order chi connectivity index (χ0) is 15.7. The summed E-state index contributed by atoms with van der Waals surface area (Å²) < 4.78 is 13.9. The minimum absolute atomic E-state index is 0.0757. The van der Waals surface area contributed by atoms with Gasteiger partial charge in [-0.15, -0.1) is 0 Å². The third kappa shape index (κ3) is 5.57. The van der Waals surface area contributed by atoms with Crippen LogP contribution in [0.4, 0.5) is 10.1 Å². The van der Waals surface area contributed by atoms with Crippen molar-refractivity contribution in [3.8, 4) is 11.8 Å². The Balaban J connectivity index is 2.79. The maximum absolute atomic E-state index is 13.9. The summed E-state index contributed by atoms with van der Waals surface area (Å²) >= 11 is 0. The van der Waals surface area contributed by atoms with Crippen LogP contribution in [0.3, 0.4) is 0 Å². The van der Waals surface area contributed by atoms with Crippen molar-refractivity contribution < 1.29 is 14.3 Å². The minimum atomic E-state index is -0.514. The summed E-state index contributed by atoms with van der Waals surface area (Å²) in [6.45, 7) is 3.80. The summed E-state index contributed by atoms with van der Waals surface area (Å²) in [6.07, 6.45) is 3.47. The molecule has 2 N–H and O–H groups in total. The SMILES string of the molecule is CCCC(CCC)C(=O)Nc1ccc(C#CCO)cc1F. The van der Waals surface area contributed by atoms with Gasteiger partial charge in [0, 0.05) is 11.5 Å². The summed E-state index contributed by atoms with van der Waals surface area (Å²) in [7, 11) is 0. The fourth-order valence-corrected chi connectivity index (χ4v) is 2.17. The predicted molar refractivity (Wildman–Crippen MR) is 82.3 cm³/mol. The molecule has 0 fully saturated rings. The Bertz CT molecular complexity index is 525. The molecule has 0 saturated heterocycles. The molecule has 0 aliphatic rings. The lowest BCUT2D eigenvalue weighted by molar-refractivity contribution is -0.120. The lowest BCUT2D eigenvalue weighted by Gasteiger charge is -2.15. The zero-order valence-corrected chi connectivity index (χ0v) is 12.6. The third-order valence-electron chi connectivity index (χ3n) is 3.18. The van der Waals surface area contributed by atoms with Crippen LogP contribution in [-0.4, -0.2) is 17.6 Å². The Labute approximate surface area is 125 Å². The number of anilines is 1. The second-order valence-electron chi connectivity index (χ2n) is 4.92. The fourth-order valence-electron chi connectivity index (χ4n) is 2.17. The van der Waals surface area contributed by atoms with E-state index < -0.39 is 5.82 Å². The average molecular weight is 291 g/mol. The summed E-state index contributed by atoms with van der Waals surface area (Å²) in [5.41, 5.74) is 0.643. The van der Waals surface area contributed by atoms with E-state index in [2.05, 4.69) is 17.2 Å². The molecule has 0 saturated carbocycles. The second-order valence-corrected chi connectivity index (χ2v) is 4.92. The number of aliphatic hydroxyl groups is 1. The summed E-state index contributed by atoms with van der Waals surface area (Å²) in [5, 5.41) is 11.3. The van der Waals surface area contributed by atoms with E-state index in [-0.39, 0.29) is 24.1 Å². The molecule has 1 rings (SSSR count). The smallest absolute Gasteiger partial charge is 0.227 e. The van der Waals surface area contributed by atoms with Crippen LogP contribution in [0, 0.1) is 23.6 Å². The van der Waals surface area contributed by atoms with Crippen LogP contribution in [-0.2, 0) is 4.79 Å². The van der Waals surface area contributed by atoms with E-state index in [0.717, 1.165) is 25.7 Å². The van der Waals surface area contributed by atoms with Gasteiger partial charge < -0.3 is 10.4 Å². The summed E-state index contributed by atoms with van der Waals surface area (Å²) in [6, 6.07) is 4.38. The number of aliphatic hydroxyl groups excluding tert-OH is 1. The van der Waals surface area contributed by atoms with E-state index in [1.54, 1.807) is 6.07 Å². The Hall–Kier alpha value is -1.86. The van der Waals surface area contributed by atoms with Crippen molar-refractivity contribution in [1.82, 2.24) is 0 Å². The standard InChI is InChI=1S/C17H22FNO2/c1-3-6-14(7-4-2)17(21)19-16-10-9-13(8-5-11-20)12-15(16)18/h9-10,12,14,20H,3-4,6-7,11H2,1-2H3,(H,19,21). The molecule has 0 heterocycles. The molecule has 0 atom stereocenters. The van der Waals surface area contributed by atoms with Gasteiger partial charge in [0.2, 0.25) is 5.91 Å². The first-order valence-electron chi connectivity index (χ1n) is 7.32. The van der Waals surface area contributed by atoms with Crippen LogP contribution in [0.2, 0.25) is 0 Å². The zero-order valence-electron chi connectivity index (χ0n) is 12.6. The van der Waals surface area contributed by atoms with Crippen LogP contribution in [0.25, 0.3) is 0 Å². The van der Waals surface area contributed by atoms with Gasteiger partial charge in [-0.3, -0.25) is 4.79 Å². The number of amides is 1. The Morgan fingerprint density at radius 1 is 1.33 bits per heavy atom. The van der Waals surface area contributed by atoms with E-state index in [1.165, 1.54) is 12.1 Å². The summed E-state index contributed by atoms with van der Waals surface area (Å²) in [5.74, 6) is 4.36. The lowest BCUT2D eigenvalue weighted by atomic mass is 9.97. The van der Waals surface area contributed by atoms with Crippen molar-refractivity contribution in [1.29, 1.82) is 0 Å². The van der Waals surface area contributed by atoms with E-state index in [9.17, 15) is 9.18 Å². The highest BCUT2D eigenvalue weighted by atomic mass is 19.1. The van der Waals surface area contributed by atoms with Gasteiger partial charge in [0.15, 0.2) is 0 Å². The van der Waals surface area contributed by atoms with Gasteiger partial charge >= 0.3 is 0 Å². The molecule has 1 amide bonds. The highest BCUT2D eigenvalue weighted by Crippen LogP contribution is 2.20. The van der Waals surface area contributed by atoms with Gasteiger partial charge in [-0.1, -0.05) is 38.5 Å². The van der Waals surface area contributed by atoms with Crippen LogP contribution < -0.4 is 5.32 Å². The number of benzene rings is 1. The van der Waals surface area contributed by atoms with E-state index in [0.29, 0.717) is 5.56 Å². The van der Waals surface area contributed by atoms with Gasteiger partial charge in [0.05, 0.1) is 5.69 Å². The minimum Gasteiger partial charge on any atom is -0.384 e. The first-order chi connectivity index (χ1) is 10.1. The maximum atomic E-state index is 13.9. The molecule has 3 nitrogen and oxygen atoms in total. The lowest BCUT2D eigenvalue weighted by Crippen LogP contribution is -2.23. The van der Waals surface area contributed by atoms with Crippen molar-refractivity contribution in [3.05, 3.63) is 29.6 Å². The van der Waals surface area contributed by atoms with E-state index in [4.69, 9.17) is 5.11 Å². The van der Waals surface area contributed by atoms with Gasteiger partial charge in [-0.25, -0.2) is 4.39 Å². The molecular formula is C17H22FNO2. The van der Waals surface area contributed by atoms with Crippen LogP contribution >= 0.6 is 0 Å². The third-order valence-corrected chi connectivity index (χ3v) is 3.18. The van der Waals surface area contributed by atoms with Gasteiger partial charge in [-0.05, 0) is 31.0 Å². The topological polar surface area (TPSA) is 49.3 Å². The Morgan fingerprint density at radius 2 is 2.00 bits per heavy atom. The van der Waals surface area contributed by atoms with Crippen LogP contribution in [0.15, 0.2) is 18.2 Å². The first-order valence-corrected chi connectivity index (χ1v) is 7.32. The van der Waals surface area contributed by atoms with E-state index >= 15 is 0 Å². The van der Waals surface area contributed by atoms with Crippen molar-refractivity contribution in [3.63, 3.8) is 0 Å². The molecule has 114 valence electrons. The normalized spacial score (nSPS) is 10.1. The van der Waals surface area contributed by atoms with Crippen LogP contribution in [0.5, 0.6) is 0 Å². The number of nitrogens with one attached hydrogen (secondary N) is 1. The Morgan fingerprint density at radius 3 is 2.52 bits per heavy atom. The quantitative estimate of drug-likeness (QED) is 0.790. The number of rotatable bonds is 6. The molecule has 0 aliphatic carbocycles. The average Bonchev–Trinajstić information content (AvgIpc) is 2.47.